The molecule has 4 heteroatoms. The Morgan fingerprint density at radius 3 is 2.30 bits per heavy atom. The molecule has 0 spiro atoms. The number of nitrogens with one attached hydrogen (secondary N) is 1. The summed E-state index contributed by atoms with van der Waals surface area (Å²) < 4.78 is 1.01. The largest absolute Gasteiger partial charge is 0.322 e. The third-order valence-corrected chi connectivity index (χ3v) is 4.45. The van der Waals surface area contributed by atoms with Crippen LogP contribution in [0.15, 0.2) is 46.9 Å². The zero-order valence-corrected chi connectivity index (χ0v) is 15.5. The number of carbonyl (C=O) groups is 1. The molecular formula is C19H23BrN2O. The van der Waals surface area contributed by atoms with E-state index in [0.29, 0.717) is 5.56 Å². The molecule has 0 atom stereocenters. The van der Waals surface area contributed by atoms with Crippen molar-refractivity contribution in [1.82, 2.24) is 4.90 Å². The van der Waals surface area contributed by atoms with Gasteiger partial charge in [-0.05, 0) is 61.5 Å². The van der Waals surface area contributed by atoms with Crippen LogP contribution in [-0.2, 0) is 6.54 Å². The maximum atomic E-state index is 12.4. The van der Waals surface area contributed by atoms with Gasteiger partial charge in [-0.1, -0.05) is 41.9 Å². The molecule has 0 heterocycles. The number of halogens is 1. The van der Waals surface area contributed by atoms with Gasteiger partial charge in [-0.15, -0.1) is 0 Å². The number of hydrogen-bond acceptors (Lipinski definition) is 2. The number of carbonyl (C=O) groups excluding carboxylic acids is 1. The molecule has 23 heavy (non-hydrogen) atoms. The van der Waals surface area contributed by atoms with Crippen LogP contribution in [0.3, 0.4) is 0 Å². The first kappa shape index (κ1) is 17.7. The van der Waals surface area contributed by atoms with Crippen molar-refractivity contribution in [2.75, 3.05) is 18.4 Å². The number of rotatable bonds is 6. The predicted molar refractivity (Wildman–Crippen MR) is 99.9 cm³/mol. The molecule has 2 aromatic rings. The second-order valence-electron chi connectivity index (χ2n) is 5.57. The fraction of sp³-hybridized carbons (Fsp3) is 0.316. The lowest BCUT2D eigenvalue weighted by Gasteiger charge is -2.18. The fourth-order valence-electron chi connectivity index (χ4n) is 2.43. The van der Waals surface area contributed by atoms with Crippen molar-refractivity contribution < 1.29 is 4.79 Å². The van der Waals surface area contributed by atoms with E-state index in [9.17, 15) is 4.79 Å². The summed E-state index contributed by atoms with van der Waals surface area (Å²) >= 11 is 3.43. The van der Waals surface area contributed by atoms with Crippen molar-refractivity contribution in [2.24, 2.45) is 0 Å². The molecule has 0 aliphatic heterocycles. The summed E-state index contributed by atoms with van der Waals surface area (Å²) in [6.45, 7) is 9.27. The molecule has 0 bridgehead atoms. The van der Waals surface area contributed by atoms with Gasteiger partial charge in [-0.2, -0.15) is 0 Å². The molecule has 0 aliphatic carbocycles. The van der Waals surface area contributed by atoms with Crippen LogP contribution in [0.1, 0.15) is 35.3 Å². The Morgan fingerprint density at radius 2 is 1.74 bits per heavy atom. The zero-order valence-electron chi connectivity index (χ0n) is 13.9. The van der Waals surface area contributed by atoms with Gasteiger partial charge in [0.15, 0.2) is 0 Å². The van der Waals surface area contributed by atoms with Crippen LogP contribution in [0.4, 0.5) is 5.69 Å². The Kier molecular flexibility index (Phi) is 6.37. The number of benzene rings is 2. The van der Waals surface area contributed by atoms with Crippen molar-refractivity contribution in [3.8, 4) is 0 Å². The smallest absolute Gasteiger partial charge is 0.255 e. The second-order valence-corrected chi connectivity index (χ2v) is 6.49. The summed E-state index contributed by atoms with van der Waals surface area (Å²) in [7, 11) is 0. The monoisotopic (exact) mass is 374 g/mol. The van der Waals surface area contributed by atoms with Crippen LogP contribution < -0.4 is 5.32 Å². The standard InChI is InChI=1S/C19H23BrN2O/c1-4-22(5-2)13-15-6-8-16(9-7-15)19(23)21-18-11-10-17(20)12-14(18)3/h6-12H,4-5,13H2,1-3H3,(H,21,23). The molecular weight excluding hydrogens is 352 g/mol. The minimum atomic E-state index is -0.0789. The lowest BCUT2D eigenvalue weighted by Crippen LogP contribution is -2.22. The first-order chi connectivity index (χ1) is 11.0. The van der Waals surface area contributed by atoms with E-state index in [1.165, 1.54) is 5.56 Å². The quantitative estimate of drug-likeness (QED) is 0.783. The normalized spacial score (nSPS) is 10.8. The molecule has 122 valence electrons. The molecule has 0 saturated carbocycles. The SMILES string of the molecule is CCN(CC)Cc1ccc(C(=O)Nc2ccc(Br)cc2C)cc1. The number of amides is 1. The number of anilines is 1. The highest BCUT2D eigenvalue weighted by molar-refractivity contribution is 9.10. The van der Waals surface area contributed by atoms with Crippen LogP contribution in [0, 0.1) is 6.92 Å². The first-order valence-corrected chi connectivity index (χ1v) is 8.71. The summed E-state index contributed by atoms with van der Waals surface area (Å²) in [4.78, 5) is 14.7. The van der Waals surface area contributed by atoms with Gasteiger partial charge in [0.25, 0.3) is 5.91 Å². The maximum Gasteiger partial charge on any atom is 0.255 e. The zero-order chi connectivity index (χ0) is 16.8. The topological polar surface area (TPSA) is 32.3 Å². The molecule has 2 rings (SSSR count). The van der Waals surface area contributed by atoms with E-state index in [-0.39, 0.29) is 5.91 Å². The van der Waals surface area contributed by atoms with Crippen molar-refractivity contribution in [1.29, 1.82) is 0 Å². The minimum Gasteiger partial charge on any atom is -0.322 e. The van der Waals surface area contributed by atoms with Crippen LogP contribution in [-0.4, -0.2) is 23.9 Å². The lowest BCUT2D eigenvalue weighted by molar-refractivity contribution is 0.102. The summed E-state index contributed by atoms with van der Waals surface area (Å²) in [5, 5.41) is 2.97. The average molecular weight is 375 g/mol. The van der Waals surface area contributed by atoms with Gasteiger partial charge in [0.05, 0.1) is 0 Å². The summed E-state index contributed by atoms with van der Waals surface area (Å²) in [5.74, 6) is -0.0789. The van der Waals surface area contributed by atoms with Crippen LogP contribution in [0.25, 0.3) is 0 Å². The van der Waals surface area contributed by atoms with Gasteiger partial charge in [-0.3, -0.25) is 9.69 Å². The molecule has 1 N–H and O–H groups in total. The molecule has 0 aromatic heterocycles. The van der Waals surface area contributed by atoms with Crippen molar-refractivity contribution >= 4 is 27.5 Å². The summed E-state index contributed by atoms with van der Waals surface area (Å²) in [5.41, 5.74) is 3.77. The van der Waals surface area contributed by atoms with Crippen molar-refractivity contribution in [3.05, 3.63) is 63.6 Å². The second kappa shape index (κ2) is 8.27. The van der Waals surface area contributed by atoms with E-state index >= 15 is 0 Å². The van der Waals surface area contributed by atoms with E-state index in [1.54, 1.807) is 0 Å². The fourth-order valence-corrected chi connectivity index (χ4v) is 2.90. The number of hydrogen-bond donors (Lipinski definition) is 1. The van der Waals surface area contributed by atoms with Crippen molar-refractivity contribution in [2.45, 2.75) is 27.3 Å². The molecule has 1 amide bonds. The summed E-state index contributed by atoms with van der Waals surface area (Å²) in [6, 6.07) is 13.7. The van der Waals surface area contributed by atoms with Gasteiger partial charge in [0.2, 0.25) is 0 Å². The highest BCUT2D eigenvalue weighted by atomic mass is 79.9. The van der Waals surface area contributed by atoms with Crippen LogP contribution >= 0.6 is 15.9 Å². The number of nitrogens with zero attached hydrogens (tertiary/aromatic N) is 1. The minimum absolute atomic E-state index is 0.0789. The first-order valence-electron chi connectivity index (χ1n) is 7.92. The Morgan fingerprint density at radius 1 is 1.09 bits per heavy atom. The Bertz CT molecular complexity index is 664. The van der Waals surface area contributed by atoms with Crippen LogP contribution in [0.5, 0.6) is 0 Å². The van der Waals surface area contributed by atoms with Crippen LogP contribution in [0.2, 0.25) is 0 Å². The maximum absolute atomic E-state index is 12.4. The average Bonchev–Trinajstić information content (AvgIpc) is 2.55. The Balaban J connectivity index is 2.05. The highest BCUT2D eigenvalue weighted by Crippen LogP contribution is 2.20. The van der Waals surface area contributed by atoms with E-state index in [0.717, 1.165) is 35.4 Å². The lowest BCUT2D eigenvalue weighted by atomic mass is 10.1. The number of aryl methyl sites for hydroxylation is 1. The van der Waals surface area contributed by atoms with Gasteiger partial charge < -0.3 is 5.32 Å². The third kappa shape index (κ3) is 4.91. The van der Waals surface area contributed by atoms with Gasteiger partial charge in [0.1, 0.15) is 0 Å². The molecule has 0 saturated heterocycles. The van der Waals surface area contributed by atoms with E-state index < -0.39 is 0 Å². The summed E-state index contributed by atoms with van der Waals surface area (Å²) in [6.07, 6.45) is 0. The van der Waals surface area contributed by atoms with E-state index in [1.807, 2.05) is 49.4 Å². The van der Waals surface area contributed by atoms with E-state index in [2.05, 4.69) is 40.0 Å². The Labute approximate surface area is 146 Å². The molecule has 3 nitrogen and oxygen atoms in total. The Hall–Kier alpha value is -1.65. The van der Waals surface area contributed by atoms with E-state index in [4.69, 9.17) is 0 Å². The molecule has 0 aliphatic rings. The third-order valence-electron chi connectivity index (χ3n) is 3.95. The van der Waals surface area contributed by atoms with Gasteiger partial charge in [0, 0.05) is 22.3 Å². The molecule has 2 aromatic carbocycles. The predicted octanol–water partition coefficient (Wildman–Crippen LogP) is 4.85. The molecule has 0 unspecified atom stereocenters. The highest BCUT2D eigenvalue weighted by Gasteiger charge is 2.08. The van der Waals surface area contributed by atoms with Gasteiger partial charge in [-0.25, -0.2) is 0 Å². The van der Waals surface area contributed by atoms with Crippen molar-refractivity contribution in [3.63, 3.8) is 0 Å². The van der Waals surface area contributed by atoms with Gasteiger partial charge >= 0.3 is 0 Å². The molecule has 0 fully saturated rings. The molecule has 0 radical (unpaired) electrons.